The van der Waals surface area contributed by atoms with Crippen molar-refractivity contribution in [2.75, 3.05) is 57.3 Å². The van der Waals surface area contributed by atoms with Crippen LogP contribution < -0.4 is 9.77 Å². The number of nitrogens with zero attached hydrogens (tertiary/aromatic N) is 4. The number of aromatic nitrogens is 1. The predicted molar refractivity (Wildman–Crippen MR) is 170 cm³/mol. The van der Waals surface area contributed by atoms with Gasteiger partial charge in [-0.15, -0.1) is 0 Å². The van der Waals surface area contributed by atoms with Crippen molar-refractivity contribution < 1.29 is 22.4 Å². The van der Waals surface area contributed by atoms with Crippen LogP contribution >= 0.6 is 11.3 Å². The van der Waals surface area contributed by atoms with E-state index in [-0.39, 0.29) is 22.4 Å². The van der Waals surface area contributed by atoms with Crippen LogP contribution in [0.3, 0.4) is 0 Å². The molecule has 2 aliphatic heterocycles. The van der Waals surface area contributed by atoms with Gasteiger partial charge in [0.1, 0.15) is 5.82 Å². The smallest absolute Gasteiger partial charge is 0.369 e. The Bertz CT molecular complexity index is 1690. The molecule has 4 aromatic rings. The summed E-state index contributed by atoms with van der Waals surface area (Å²) in [6.07, 6.45) is -2.02. The number of benzene rings is 3. The molecule has 0 amide bonds. The van der Waals surface area contributed by atoms with E-state index in [0.717, 1.165) is 80.4 Å². The Labute approximate surface area is 263 Å². The van der Waals surface area contributed by atoms with Gasteiger partial charge in [0.2, 0.25) is 0 Å². The van der Waals surface area contributed by atoms with E-state index < -0.39 is 11.7 Å². The minimum Gasteiger partial charge on any atom is -0.369 e. The zero-order valence-corrected chi connectivity index (χ0v) is 25.8. The highest BCUT2D eigenvalue weighted by molar-refractivity contribution is 7.16. The molecule has 238 valence electrons. The quantitative estimate of drug-likeness (QED) is 0.162. The maximum absolute atomic E-state index is 13.2. The van der Waals surface area contributed by atoms with Gasteiger partial charge in [0.15, 0.2) is 5.78 Å². The van der Waals surface area contributed by atoms with E-state index in [1.807, 2.05) is 15.5 Å². The third kappa shape index (κ3) is 7.48. The average molecular weight is 641 g/mol. The normalized spacial score (nSPS) is 17.3. The molecule has 3 heterocycles. The van der Waals surface area contributed by atoms with E-state index in [2.05, 4.69) is 21.9 Å². The SMILES string of the molecule is O=C(c1ccc(F)cc1)C1CCN(CCn2c(=O)sc3cc(CCN4CCN(c5cccc(C(F)(F)F)c5)CC4)ccc32)CC1. The van der Waals surface area contributed by atoms with Crippen molar-refractivity contribution in [3.63, 3.8) is 0 Å². The molecule has 0 saturated carbocycles. The number of hydrogen-bond acceptors (Lipinski definition) is 6. The summed E-state index contributed by atoms with van der Waals surface area (Å²) in [4.78, 5) is 32.3. The summed E-state index contributed by atoms with van der Waals surface area (Å²) >= 11 is 1.26. The number of carbonyl (C=O) groups is 1. The van der Waals surface area contributed by atoms with Gasteiger partial charge in [-0.2, -0.15) is 13.2 Å². The maximum Gasteiger partial charge on any atom is 0.416 e. The number of halogens is 4. The fraction of sp³-hybridized carbons (Fsp3) is 0.412. The lowest BCUT2D eigenvalue weighted by molar-refractivity contribution is -0.137. The fourth-order valence-corrected chi connectivity index (χ4v) is 7.36. The number of rotatable bonds is 9. The Balaban J connectivity index is 0.977. The van der Waals surface area contributed by atoms with E-state index in [4.69, 9.17) is 0 Å². The number of thiazole rings is 1. The number of piperidine rings is 1. The molecule has 2 saturated heterocycles. The number of ketones is 1. The standard InChI is InChI=1S/C34H36F4N4O2S/c35-28-7-5-25(6-8-28)32(43)26-11-14-39(15-12-26)18-21-42-30-9-4-24(22-31(30)45-33(42)44)10-13-40-16-19-41(20-17-40)29-3-1-2-27(23-29)34(36,37)38/h1-9,22-23,26H,10-21H2. The molecule has 3 aromatic carbocycles. The van der Waals surface area contributed by atoms with Crippen LogP contribution in [0.4, 0.5) is 23.2 Å². The Morgan fingerprint density at radius 1 is 0.822 bits per heavy atom. The minimum absolute atomic E-state index is 0.0224. The van der Waals surface area contributed by atoms with Gasteiger partial charge in [-0.1, -0.05) is 23.5 Å². The number of fused-ring (bicyclic) bond motifs is 1. The molecule has 1 aromatic heterocycles. The second kappa shape index (κ2) is 13.4. The van der Waals surface area contributed by atoms with Crippen LogP contribution in [0.25, 0.3) is 10.2 Å². The van der Waals surface area contributed by atoms with Crippen LogP contribution in [0, 0.1) is 11.7 Å². The van der Waals surface area contributed by atoms with Crippen LogP contribution in [0.1, 0.15) is 34.3 Å². The summed E-state index contributed by atoms with van der Waals surface area (Å²) < 4.78 is 55.4. The van der Waals surface area contributed by atoms with E-state index in [0.29, 0.717) is 30.9 Å². The third-order valence-electron chi connectivity index (χ3n) is 9.09. The Kier molecular flexibility index (Phi) is 9.39. The van der Waals surface area contributed by atoms with Crippen molar-refractivity contribution >= 4 is 33.0 Å². The molecule has 11 heteroatoms. The van der Waals surface area contributed by atoms with Crippen molar-refractivity contribution in [1.82, 2.24) is 14.4 Å². The number of piperazine rings is 1. The molecule has 6 rings (SSSR count). The molecular formula is C34H36F4N4O2S. The van der Waals surface area contributed by atoms with Crippen molar-refractivity contribution in [1.29, 1.82) is 0 Å². The summed E-state index contributed by atoms with van der Waals surface area (Å²) in [5.74, 6) is -0.336. The number of likely N-dealkylation sites (tertiary alicyclic amines) is 1. The molecule has 6 nitrogen and oxygen atoms in total. The molecular weight excluding hydrogens is 604 g/mol. The third-order valence-corrected chi connectivity index (χ3v) is 10.0. The maximum atomic E-state index is 13.2. The van der Waals surface area contributed by atoms with Gasteiger partial charge in [-0.05, 0) is 92.5 Å². The highest BCUT2D eigenvalue weighted by Gasteiger charge is 2.31. The van der Waals surface area contributed by atoms with Crippen LogP contribution in [-0.2, 0) is 19.1 Å². The lowest BCUT2D eigenvalue weighted by Crippen LogP contribution is -2.47. The largest absolute Gasteiger partial charge is 0.416 e. The van der Waals surface area contributed by atoms with Crippen molar-refractivity contribution in [3.05, 3.63) is 98.9 Å². The van der Waals surface area contributed by atoms with Gasteiger partial charge in [-0.3, -0.25) is 19.1 Å². The number of carbonyl (C=O) groups excluding carboxylic acids is 1. The van der Waals surface area contributed by atoms with E-state index in [1.165, 1.54) is 35.6 Å². The summed E-state index contributed by atoms with van der Waals surface area (Å²) in [6, 6.07) is 17.5. The second-order valence-corrected chi connectivity index (χ2v) is 12.9. The molecule has 0 N–H and O–H groups in total. The molecule has 0 radical (unpaired) electrons. The van der Waals surface area contributed by atoms with Crippen LogP contribution in [-0.4, -0.2) is 72.5 Å². The van der Waals surface area contributed by atoms with Crippen molar-refractivity contribution in [2.24, 2.45) is 5.92 Å². The van der Waals surface area contributed by atoms with E-state index in [1.54, 1.807) is 18.2 Å². The van der Waals surface area contributed by atoms with Gasteiger partial charge in [0, 0.05) is 63.0 Å². The topological polar surface area (TPSA) is 48.8 Å². The zero-order valence-electron chi connectivity index (χ0n) is 24.9. The summed E-state index contributed by atoms with van der Waals surface area (Å²) in [5, 5.41) is 0. The summed E-state index contributed by atoms with van der Waals surface area (Å²) in [5.41, 5.74) is 2.64. The number of anilines is 1. The van der Waals surface area contributed by atoms with Gasteiger partial charge >= 0.3 is 11.0 Å². The lowest BCUT2D eigenvalue weighted by Gasteiger charge is -2.36. The number of Topliss-reactive ketones (excluding diaryl/α,β-unsaturated/α-hetero) is 1. The van der Waals surface area contributed by atoms with Crippen LogP contribution in [0.2, 0.25) is 0 Å². The minimum atomic E-state index is -4.35. The summed E-state index contributed by atoms with van der Waals surface area (Å²) in [7, 11) is 0. The summed E-state index contributed by atoms with van der Waals surface area (Å²) in [6.45, 7) is 6.64. The molecule has 2 aliphatic rings. The van der Waals surface area contributed by atoms with E-state index in [9.17, 15) is 27.2 Å². The van der Waals surface area contributed by atoms with Gasteiger partial charge in [0.25, 0.3) is 0 Å². The average Bonchev–Trinajstić information content (AvgIpc) is 3.36. The highest BCUT2D eigenvalue weighted by Crippen LogP contribution is 2.32. The first-order chi connectivity index (χ1) is 21.6. The molecule has 0 aliphatic carbocycles. The van der Waals surface area contributed by atoms with Gasteiger partial charge in [-0.25, -0.2) is 4.39 Å². The molecule has 0 spiro atoms. The Morgan fingerprint density at radius 3 is 2.24 bits per heavy atom. The first-order valence-electron chi connectivity index (χ1n) is 15.4. The highest BCUT2D eigenvalue weighted by atomic mass is 32.1. The zero-order chi connectivity index (χ0) is 31.6. The van der Waals surface area contributed by atoms with Crippen LogP contribution in [0.5, 0.6) is 0 Å². The molecule has 45 heavy (non-hydrogen) atoms. The predicted octanol–water partition coefficient (Wildman–Crippen LogP) is 6.18. The fourth-order valence-electron chi connectivity index (χ4n) is 6.38. The molecule has 0 atom stereocenters. The van der Waals surface area contributed by atoms with Crippen molar-refractivity contribution in [2.45, 2.75) is 32.0 Å². The van der Waals surface area contributed by atoms with Gasteiger partial charge in [0.05, 0.1) is 15.8 Å². The number of alkyl halides is 3. The van der Waals surface area contributed by atoms with Crippen LogP contribution in [0.15, 0.2) is 71.5 Å². The second-order valence-electron chi connectivity index (χ2n) is 11.9. The molecule has 2 fully saturated rings. The van der Waals surface area contributed by atoms with Crippen molar-refractivity contribution in [3.8, 4) is 0 Å². The molecule has 0 bridgehead atoms. The van der Waals surface area contributed by atoms with E-state index >= 15 is 0 Å². The number of hydrogen-bond donors (Lipinski definition) is 0. The lowest BCUT2D eigenvalue weighted by atomic mass is 9.89. The van der Waals surface area contributed by atoms with Gasteiger partial charge < -0.3 is 9.80 Å². The molecule has 0 unspecified atom stereocenters. The Morgan fingerprint density at radius 2 is 1.53 bits per heavy atom. The first-order valence-corrected chi connectivity index (χ1v) is 16.2. The monoisotopic (exact) mass is 640 g/mol. The first kappa shape index (κ1) is 31.4. The Hall–Kier alpha value is -3.54.